The molecule has 0 amide bonds. The summed E-state index contributed by atoms with van der Waals surface area (Å²) in [4.78, 5) is 0. The summed E-state index contributed by atoms with van der Waals surface area (Å²) in [6.07, 6.45) is 0. The molecule has 0 aliphatic heterocycles. The molecule has 0 fully saturated rings. The molecule has 90 valence electrons. The SMILES string of the molecule is C[C@H](NCc1ccc(Br)o1)c1ccc(F)cc1. The van der Waals surface area contributed by atoms with Gasteiger partial charge in [-0.1, -0.05) is 12.1 Å². The normalized spacial score (nSPS) is 12.6. The Balaban J connectivity index is 1.93. The van der Waals surface area contributed by atoms with Crippen LogP contribution in [0.3, 0.4) is 0 Å². The zero-order chi connectivity index (χ0) is 12.3. The van der Waals surface area contributed by atoms with Crippen LogP contribution in [0.4, 0.5) is 4.39 Å². The van der Waals surface area contributed by atoms with Crippen LogP contribution in [0.2, 0.25) is 0 Å². The number of halogens is 2. The number of nitrogens with one attached hydrogen (secondary N) is 1. The molecule has 0 bridgehead atoms. The maximum Gasteiger partial charge on any atom is 0.169 e. The van der Waals surface area contributed by atoms with E-state index in [9.17, 15) is 4.39 Å². The number of rotatable bonds is 4. The second kappa shape index (κ2) is 5.47. The van der Waals surface area contributed by atoms with Crippen LogP contribution >= 0.6 is 15.9 Å². The van der Waals surface area contributed by atoms with Gasteiger partial charge in [0.25, 0.3) is 0 Å². The van der Waals surface area contributed by atoms with Crippen LogP contribution < -0.4 is 5.32 Å². The minimum atomic E-state index is -0.212. The Morgan fingerprint density at radius 3 is 2.53 bits per heavy atom. The summed E-state index contributed by atoms with van der Waals surface area (Å²) < 4.78 is 18.9. The summed E-state index contributed by atoms with van der Waals surface area (Å²) in [6, 6.07) is 10.4. The van der Waals surface area contributed by atoms with E-state index in [4.69, 9.17) is 4.42 Å². The lowest BCUT2D eigenvalue weighted by molar-refractivity contribution is 0.446. The molecule has 1 atom stereocenters. The van der Waals surface area contributed by atoms with Crippen LogP contribution in [0.25, 0.3) is 0 Å². The third kappa shape index (κ3) is 3.41. The van der Waals surface area contributed by atoms with Crippen molar-refractivity contribution in [3.05, 3.63) is 58.2 Å². The predicted molar refractivity (Wildman–Crippen MR) is 68.1 cm³/mol. The molecule has 2 rings (SSSR count). The van der Waals surface area contributed by atoms with E-state index >= 15 is 0 Å². The summed E-state index contributed by atoms with van der Waals surface area (Å²) in [5.41, 5.74) is 1.05. The first-order chi connectivity index (χ1) is 8.15. The number of furan rings is 1. The fraction of sp³-hybridized carbons (Fsp3) is 0.231. The number of benzene rings is 1. The van der Waals surface area contributed by atoms with Crippen LogP contribution in [-0.4, -0.2) is 0 Å². The van der Waals surface area contributed by atoms with Crippen molar-refractivity contribution in [1.82, 2.24) is 5.32 Å². The van der Waals surface area contributed by atoms with E-state index in [2.05, 4.69) is 21.2 Å². The van der Waals surface area contributed by atoms with Gasteiger partial charge in [0, 0.05) is 6.04 Å². The predicted octanol–water partition coefficient (Wildman–Crippen LogP) is 4.03. The van der Waals surface area contributed by atoms with Gasteiger partial charge in [-0.15, -0.1) is 0 Å². The fourth-order valence-corrected chi connectivity index (χ4v) is 1.91. The van der Waals surface area contributed by atoms with Crippen LogP contribution in [0.1, 0.15) is 24.3 Å². The Kier molecular flexibility index (Phi) is 3.97. The van der Waals surface area contributed by atoms with E-state index in [0.717, 1.165) is 16.0 Å². The van der Waals surface area contributed by atoms with Gasteiger partial charge in [-0.05, 0) is 52.7 Å². The van der Waals surface area contributed by atoms with Crippen molar-refractivity contribution in [3.8, 4) is 0 Å². The van der Waals surface area contributed by atoms with Gasteiger partial charge in [-0.25, -0.2) is 4.39 Å². The van der Waals surface area contributed by atoms with Crippen LogP contribution in [0, 0.1) is 5.82 Å². The van der Waals surface area contributed by atoms with Crippen molar-refractivity contribution >= 4 is 15.9 Å². The Labute approximate surface area is 108 Å². The average Bonchev–Trinajstić information content (AvgIpc) is 2.73. The van der Waals surface area contributed by atoms with E-state index in [1.54, 1.807) is 12.1 Å². The Morgan fingerprint density at radius 1 is 1.24 bits per heavy atom. The van der Waals surface area contributed by atoms with Gasteiger partial charge in [-0.2, -0.15) is 0 Å². The lowest BCUT2D eigenvalue weighted by atomic mass is 10.1. The van der Waals surface area contributed by atoms with Gasteiger partial charge in [0.05, 0.1) is 6.54 Å². The van der Waals surface area contributed by atoms with Crippen LogP contribution in [-0.2, 0) is 6.54 Å². The van der Waals surface area contributed by atoms with Crippen LogP contribution in [0.5, 0.6) is 0 Å². The third-order valence-electron chi connectivity index (χ3n) is 2.58. The van der Waals surface area contributed by atoms with E-state index < -0.39 is 0 Å². The van der Waals surface area contributed by atoms with Crippen molar-refractivity contribution in [2.75, 3.05) is 0 Å². The first-order valence-corrected chi connectivity index (χ1v) is 6.17. The first kappa shape index (κ1) is 12.3. The minimum absolute atomic E-state index is 0.152. The Morgan fingerprint density at radius 2 is 1.94 bits per heavy atom. The monoisotopic (exact) mass is 297 g/mol. The minimum Gasteiger partial charge on any atom is -0.453 e. The van der Waals surface area contributed by atoms with Crippen molar-refractivity contribution in [1.29, 1.82) is 0 Å². The molecule has 1 heterocycles. The molecule has 4 heteroatoms. The summed E-state index contributed by atoms with van der Waals surface area (Å²) in [5.74, 6) is 0.654. The maximum absolute atomic E-state index is 12.8. The third-order valence-corrected chi connectivity index (χ3v) is 3.01. The molecular formula is C13H13BrFNO. The van der Waals surface area contributed by atoms with Gasteiger partial charge in [0.1, 0.15) is 11.6 Å². The molecule has 0 unspecified atom stereocenters. The van der Waals surface area contributed by atoms with Gasteiger partial charge in [0.2, 0.25) is 0 Å². The summed E-state index contributed by atoms with van der Waals surface area (Å²) >= 11 is 3.26. The molecule has 0 radical (unpaired) electrons. The second-order valence-electron chi connectivity index (χ2n) is 3.86. The van der Waals surface area contributed by atoms with Gasteiger partial charge in [0.15, 0.2) is 4.67 Å². The maximum atomic E-state index is 12.8. The molecule has 0 saturated carbocycles. The molecule has 1 aromatic carbocycles. The highest BCUT2D eigenvalue weighted by Gasteiger charge is 2.06. The second-order valence-corrected chi connectivity index (χ2v) is 4.64. The van der Waals surface area contributed by atoms with Gasteiger partial charge in [-0.3, -0.25) is 0 Å². The van der Waals surface area contributed by atoms with Crippen molar-refractivity contribution in [2.24, 2.45) is 0 Å². The molecule has 17 heavy (non-hydrogen) atoms. The highest BCUT2D eigenvalue weighted by molar-refractivity contribution is 9.10. The first-order valence-electron chi connectivity index (χ1n) is 5.38. The summed E-state index contributed by atoms with van der Waals surface area (Å²) in [6.45, 7) is 2.68. The fourth-order valence-electron chi connectivity index (χ4n) is 1.57. The molecule has 1 aromatic heterocycles. The molecule has 0 aliphatic rings. The molecule has 2 aromatic rings. The quantitative estimate of drug-likeness (QED) is 0.922. The van der Waals surface area contributed by atoms with Crippen molar-refractivity contribution in [2.45, 2.75) is 19.5 Å². The van der Waals surface area contributed by atoms with Crippen molar-refractivity contribution < 1.29 is 8.81 Å². The zero-order valence-electron chi connectivity index (χ0n) is 9.41. The Hall–Kier alpha value is -1.13. The van der Waals surface area contributed by atoms with E-state index in [0.29, 0.717) is 6.54 Å². The average molecular weight is 298 g/mol. The van der Waals surface area contributed by atoms with Gasteiger partial charge >= 0.3 is 0 Å². The Bertz CT molecular complexity index is 480. The van der Waals surface area contributed by atoms with E-state index in [1.807, 2.05) is 19.1 Å². The lowest BCUT2D eigenvalue weighted by Crippen LogP contribution is -2.17. The molecule has 2 nitrogen and oxygen atoms in total. The number of hydrogen-bond donors (Lipinski definition) is 1. The summed E-state index contributed by atoms with van der Waals surface area (Å²) in [7, 11) is 0. The largest absolute Gasteiger partial charge is 0.453 e. The molecule has 1 N–H and O–H groups in total. The number of hydrogen-bond acceptors (Lipinski definition) is 2. The molecule has 0 spiro atoms. The molecular weight excluding hydrogens is 285 g/mol. The van der Waals surface area contributed by atoms with Gasteiger partial charge < -0.3 is 9.73 Å². The lowest BCUT2D eigenvalue weighted by Gasteiger charge is -2.13. The molecule has 0 saturated heterocycles. The van der Waals surface area contributed by atoms with Crippen LogP contribution in [0.15, 0.2) is 45.5 Å². The molecule has 0 aliphatic carbocycles. The topological polar surface area (TPSA) is 25.2 Å². The summed E-state index contributed by atoms with van der Waals surface area (Å²) in [5, 5.41) is 3.31. The highest BCUT2D eigenvalue weighted by Crippen LogP contribution is 2.16. The van der Waals surface area contributed by atoms with Crippen molar-refractivity contribution in [3.63, 3.8) is 0 Å². The zero-order valence-corrected chi connectivity index (χ0v) is 11.0. The smallest absolute Gasteiger partial charge is 0.169 e. The van der Waals surface area contributed by atoms with E-state index in [-0.39, 0.29) is 11.9 Å². The van der Waals surface area contributed by atoms with E-state index in [1.165, 1.54) is 12.1 Å². The highest BCUT2D eigenvalue weighted by atomic mass is 79.9. The standard InChI is InChI=1S/C13H13BrFNO/c1-9(10-2-4-11(15)5-3-10)16-8-12-6-7-13(14)17-12/h2-7,9,16H,8H2,1H3/t9-/m0/s1.